The van der Waals surface area contributed by atoms with Crippen LogP contribution < -0.4 is 45.3 Å². The number of aromatic nitrogens is 1. The summed E-state index contributed by atoms with van der Waals surface area (Å²) in [6.07, 6.45) is 1.15. The maximum Gasteiger partial charge on any atom is 1.00 e. The van der Waals surface area contributed by atoms with Gasteiger partial charge < -0.3 is 21.5 Å². The summed E-state index contributed by atoms with van der Waals surface area (Å²) >= 11 is 0. The Morgan fingerprint density at radius 3 is 2.34 bits per heavy atom. The molecule has 2 aromatic carbocycles. The minimum atomic E-state index is -1.09. The zero-order valence-electron chi connectivity index (χ0n) is 21.0. The first-order valence-corrected chi connectivity index (χ1v) is 10.5. The molecule has 0 saturated carbocycles. The molecule has 0 radical (unpaired) electrons. The first kappa shape index (κ1) is 27.8. The van der Waals surface area contributed by atoms with Crippen LogP contribution in [0.25, 0.3) is 11.1 Å². The second-order valence-electron chi connectivity index (χ2n) is 7.82. The number of aromatic hydroxyl groups is 1. The molecule has 0 atom stereocenters. The number of hydrogen-bond donors (Lipinski definition) is 3. The number of carbonyl (C=O) groups is 3. The van der Waals surface area contributed by atoms with Crippen molar-refractivity contribution >= 4 is 29.2 Å². The van der Waals surface area contributed by atoms with Gasteiger partial charge in [0.2, 0.25) is 0 Å². The smallest absolute Gasteiger partial charge is 1.00 e. The molecule has 9 nitrogen and oxygen atoms in total. The van der Waals surface area contributed by atoms with Crippen molar-refractivity contribution < 1.29 is 55.6 Å². The molecule has 0 bridgehead atoms. The van der Waals surface area contributed by atoms with Crippen LogP contribution in [0.15, 0.2) is 59.5 Å². The number of urea groups is 1. The quantitative estimate of drug-likeness (QED) is 0.333. The van der Waals surface area contributed by atoms with Crippen molar-refractivity contribution in [3.63, 3.8) is 0 Å². The average Bonchev–Trinajstić information content (AvgIpc) is 2.80. The molecule has 0 fully saturated rings. The molecular formula is C25H26N3NaO6. The molecule has 0 aliphatic carbocycles. The molecule has 1 aromatic heterocycles. The van der Waals surface area contributed by atoms with E-state index in [1.54, 1.807) is 55.5 Å². The Bertz CT molecular complexity index is 1320. The Morgan fingerprint density at radius 1 is 1.09 bits per heavy atom. The molecule has 0 aliphatic rings. The topological polar surface area (TPSA) is 129 Å². The van der Waals surface area contributed by atoms with E-state index in [1.165, 1.54) is 24.7 Å². The van der Waals surface area contributed by atoms with Crippen molar-refractivity contribution in [1.82, 2.24) is 9.88 Å². The van der Waals surface area contributed by atoms with Gasteiger partial charge in [0.1, 0.15) is 5.75 Å². The van der Waals surface area contributed by atoms with Crippen LogP contribution in [0.2, 0.25) is 0 Å². The fourth-order valence-corrected chi connectivity index (χ4v) is 3.49. The third kappa shape index (κ3) is 6.39. The molecule has 3 N–H and O–H groups in total. The van der Waals surface area contributed by atoms with Crippen molar-refractivity contribution in [2.45, 2.75) is 20.3 Å². The number of rotatable bonds is 7. The van der Waals surface area contributed by atoms with Crippen molar-refractivity contribution in [2.24, 2.45) is 7.05 Å². The maximum absolute atomic E-state index is 13.1. The number of aliphatic carboxylic acids is 1. The number of Topliss-reactive ketones (excluding diaryl/α,β-unsaturated/α-hetero) is 1. The van der Waals surface area contributed by atoms with Gasteiger partial charge in [-0.2, -0.15) is 0 Å². The fourth-order valence-electron chi connectivity index (χ4n) is 3.49. The summed E-state index contributed by atoms with van der Waals surface area (Å²) < 4.78 is 1.26. The van der Waals surface area contributed by atoms with Crippen LogP contribution in [0.5, 0.6) is 5.75 Å². The minimum absolute atomic E-state index is 0. The summed E-state index contributed by atoms with van der Waals surface area (Å²) in [5, 5.41) is 22.1. The standard InChI is InChI=1S/C25H25N3O6.Na.H/c1-15-14-27(3)24(33)22(23(15)32)28(25(34)26-12-11-21(30)31)20-6-4-5-19(13-20)18-9-7-17(8-10-18)16(2)29;;/h4-10,13-14,32H,11-12H2,1-3H3,(H,26,34)(H,30,31);;/q;+1;-1. The second kappa shape index (κ2) is 11.8. The van der Waals surface area contributed by atoms with Crippen molar-refractivity contribution in [2.75, 3.05) is 11.4 Å². The number of hydrogen-bond acceptors (Lipinski definition) is 5. The SMILES string of the molecule is CC(=O)c1ccc(-c2cccc(N(C(=O)NCCC(=O)O)c3c(O)c(C)cn(C)c3=O)c2)cc1.[H-].[Na+]. The number of carbonyl (C=O) groups excluding carboxylic acids is 2. The third-order valence-corrected chi connectivity index (χ3v) is 5.28. The van der Waals surface area contributed by atoms with E-state index in [2.05, 4.69) is 5.32 Å². The van der Waals surface area contributed by atoms with E-state index in [0.29, 0.717) is 22.4 Å². The van der Waals surface area contributed by atoms with Crippen molar-refractivity contribution in [1.29, 1.82) is 0 Å². The van der Waals surface area contributed by atoms with Gasteiger partial charge in [0.05, 0.1) is 12.1 Å². The second-order valence-corrected chi connectivity index (χ2v) is 7.82. The first-order chi connectivity index (χ1) is 16.1. The molecule has 0 spiro atoms. The monoisotopic (exact) mass is 487 g/mol. The Labute approximate surface area is 225 Å². The summed E-state index contributed by atoms with van der Waals surface area (Å²) in [4.78, 5) is 49.6. The fraction of sp³-hybridized carbons (Fsp3) is 0.200. The molecule has 35 heavy (non-hydrogen) atoms. The van der Waals surface area contributed by atoms with E-state index in [-0.39, 0.29) is 61.2 Å². The van der Waals surface area contributed by atoms with Crippen LogP contribution in [0.1, 0.15) is 30.7 Å². The molecule has 3 rings (SSSR count). The van der Waals surface area contributed by atoms with E-state index in [9.17, 15) is 24.3 Å². The number of carboxylic acid groups (broad SMARTS) is 1. The number of carboxylic acids is 1. The van der Waals surface area contributed by atoms with Gasteiger partial charge in [-0.3, -0.25) is 19.3 Å². The van der Waals surface area contributed by atoms with Gasteiger partial charge in [-0.15, -0.1) is 0 Å². The number of ketones is 1. The van der Waals surface area contributed by atoms with Gasteiger partial charge in [0.25, 0.3) is 5.56 Å². The molecular weight excluding hydrogens is 461 g/mol. The maximum atomic E-state index is 13.1. The van der Waals surface area contributed by atoms with Crippen molar-refractivity contribution in [3.05, 3.63) is 76.2 Å². The van der Waals surface area contributed by atoms with E-state index < -0.39 is 17.6 Å². The molecule has 178 valence electrons. The normalized spacial score (nSPS) is 10.3. The van der Waals surface area contributed by atoms with Crippen LogP contribution in [-0.4, -0.2) is 39.1 Å². The summed E-state index contributed by atoms with van der Waals surface area (Å²) in [5.74, 6) is -1.50. The van der Waals surface area contributed by atoms with Gasteiger partial charge >= 0.3 is 41.6 Å². The molecule has 0 saturated heterocycles. The molecule has 3 aromatic rings. The van der Waals surface area contributed by atoms with Gasteiger partial charge in [-0.25, -0.2) is 4.79 Å². The van der Waals surface area contributed by atoms with Gasteiger partial charge in [-0.1, -0.05) is 36.4 Å². The van der Waals surface area contributed by atoms with Crippen molar-refractivity contribution in [3.8, 4) is 16.9 Å². The minimum Gasteiger partial charge on any atom is -1.00 e. The molecule has 0 unspecified atom stereocenters. The Kier molecular flexibility index (Phi) is 9.41. The number of benzene rings is 2. The van der Waals surface area contributed by atoms with Gasteiger partial charge in [0, 0.05) is 30.9 Å². The Balaban J connectivity index is 0.00000324. The van der Waals surface area contributed by atoms with E-state index in [1.807, 2.05) is 0 Å². The zero-order chi connectivity index (χ0) is 25.0. The number of nitrogens with one attached hydrogen (secondary N) is 1. The average molecular weight is 487 g/mol. The first-order valence-electron chi connectivity index (χ1n) is 10.5. The van der Waals surface area contributed by atoms with E-state index in [4.69, 9.17) is 5.11 Å². The van der Waals surface area contributed by atoms with Crippen LogP contribution in [-0.2, 0) is 11.8 Å². The van der Waals surface area contributed by atoms with E-state index >= 15 is 0 Å². The van der Waals surface area contributed by atoms with Crippen LogP contribution in [0.3, 0.4) is 0 Å². The predicted molar refractivity (Wildman–Crippen MR) is 129 cm³/mol. The number of amides is 2. The summed E-state index contributed by atoms with van der Waals surface area (Å²) in [6.45, 7) is 2.92. The third-order valence-electron chi connectivity index (χ3n) is 5.28. The number of pyridine rings is 1. The Hall–Kier alpha value is -3.40. The summed E-state index contributed by atoms with van der Waals surface area (Å²) in [6, 6.07) is 13.0. The number of nitrogens with zero attached hydrogens (tertiary/aromatic N) is 2. The van der Waals surface area contributed by atoms with Crippen LogP contribution in [0.4, 0.5) is 16.2 Å². The largest absolute Gasteiger partial charge is 1.00 e. The summed E-state index contributed by atoms with van der Waals surface area (Å²) in [7, 11) is 1.51. The Morgan fingerprint density at radius 2 is 1.74 bits per heavy atom. The summed E-state index contributed by atoms with van der Waals surface area (Å²) in [5.41, 5.74) is 1.87. The van der Waals surface area contributed by atoms with Gasteiger partial charge in [0.15, 0.2) is 11.5 Å². The van der Waals surface area contributed by atoms with Crippen LogP contribution >= 0.6 is 0 Å². The zero-order valence-corrected chi connectivity index (χ0v) is 22.0. The van der Waals surface area contributed by atoms with E-state index in [0.717, 1.165) is 10.5 Å². The molecule has 0 aliphatic heterocycles. The molecule has 10 heteroatoms. The molecule has 1 heterocycles. The van der Waals surface area contributed by atoms with Crippen LogP contribution in [0, 0.1) is 6.92 Å². The number of aryl methyl sites for hydroxylation is 2. The molecule has 2 amide bonds. The number of anilines is 2. The predicted octanol–water partition coefficient (Wildman–Crippen LogP) is 0.708. The van der Waals surface area contributed by atoms with Gasteiger partial charge in [-0.05, 0) is 37.1 Å².